The van der Waals surface area contributed by atoms with Crippen LogP contribution in [0.3, 0.4) is 0 Å². The molecular weight excluding hydrogens is 340 g/mol. The van der Waals surface area contributed by atoms with E-state index in [1.54, 1.807) is 33.5 Å². The van der Waals surface area contributed by atoms with Crippen LogP contribution in [0.5, 0.6) is 17.2 Å². The third-order valence-electron chi connectivity index (χ3n) is 3.62. The molecule has 0 saturated carbocycles. The summed E-state index contributed by atoms with van der Waals surface area (Å²) in [4.78, 5) is 15.8. The lowest BCUT2D eigenvalue weighted by Gasteiger charge is -2.14. The molecule has 0 bridgehead atoms. The molecule has 0 aliphatic rings. The summed E-state index contributed by atoms with van der Waals surface area (Å²) in [5.74, 6) is 2.59. The van der Waals surface area contributed by atoms with E-state index >= 15 is 0 Å². The number of rotatable bonds is 8. The van der Waals surface area contributed by atoms with Crippen LogP contribution in [0.4, 0.5) is 17.5 Å². The van der Waals surface area contributed by atoms with Gasteiger partial charge in [-0.1, -0.05) is 0 Å². The molecule has 2 heterocycles. The van der Waals surface area contributed by atoms with E-state index in [0.717, 1.165) is 0 Å². The molecule has 10 heteroatoms. The monoisotopic (exact) mass is 360 g/mol. The number of H-pyrrole nitrogens is 1. The standard InChI is InChI=1S/C16H20N6O4/c1-24-10-6-9(7-11(25-2)13(10)26-3)20-16-21-12-14(17-4-5-23)18-8-19-15(12)22-16/h6-8,23H,4-5H2,1-3H3,(H3,17,18,19,20,21,22). The highest BCUT2D eigenvalue weighted by Crippen LogP contribution is 2.40. The van der Waals surface area contributed by atoms with Crippen LogP contribution in [0.25, 0.3) is 11.2 Å². The normalized spacial score (nSPS) is 10.6. The number of aromatic nitrogens is 4. The molecule has 0 radical (unpaired) electrons. The number of imidazole rings is 1. The third kappa shape index (κ3) is 3.40. The summed E-state index contributed by atoms with van der Waals surface area (Å²) < 4.78 is 16.0. The lowest BCUT2D eigenvalue weighted by molar-refractivity contribution is 0.311. The number of nitrogens with one attached hydrogen (secondary N) is 3. The molecule has 0 amide bonds. The summed E-state index contributed by atoms with van der Waals surface area (Å²) in [6, 6.07) is 3.54. The summed E-state index contributed by atoms with van der Waals surface area (Å²) in [7, 11) is 4.65. The molecular formula is C16H20N6O4. The third-order valence-corrected chi connectivity index (χ3v) is 3.62. The molecule has 0 spiro atoms. The fraction of sp³-hybridized carbons (Fsp3) is 0.312. The molecule has 3 rings (SSSR count). The molecule has 1 aromatic carbocycles. The Morgan fingerprint density at radius 2 is 1.81 bits per heavy atom. The van der Waals surface area contributed by atoms with Crippen molar-refractivity contribution in [3.63, 3.8) is 0 Å². The molecule has 0 aliphatic heterocycles. The predicted octanol–water partition coefficient (Wildman–Crippen LogP) is 1.53. The first-order valence-electron chi connectivity index (χ1n) is 7.82. The number of aromatic amines is 1. The lowest BCUT2D eigenvalue weighted by Crippen LogP contribution is -2.07. The Bertz CT molecular complexity index is 873. The lowest BCUT2D eigenvalue weighted by atomic mass is 10.2. The van der Waals surface area contributed by atoms with E-state index in [4.69, 9.17) is 19.3 Å². The Morgan fingerprint density at radius 3 is 2.42 bits per heavy atom. The second-order valence-electron chi connectivity index (χ2n) is 5.20. The summed E-state index contributed by atoms with van der Waals surface area (Å²) in [6.45, 7) is 0.372. The van der Waals surface area contributed by atoms with Crippen molar-refractivity contribution in [1.29, 1.82) is 0 Å². The average molecular weight is 360 g/mol. The molecule has 26 heavy (non-hydrogen) atoms. The van der Waals surface area contributed by atoms with Gasteiger partial charge in [0.2, 0.25) is 11.7 Å². The van der Waals surface area contributed by atoms with Crippen molar-refractivity contribution in [2.75, 3.05) is 45.1 Å². The van der Waals surface area contributed by atoms with Crippen LogP contribution in [0.15, 0.2) is 18.5 Å². The smallest absolute Gasteiger partial charge is 0.207 e. The Hall–Kier alpha value is -3.27. The minimum atomic E-state index is -0.00379. The Labute approximate surface area is 149 Å². The van der Waals surface area contributed by atoms with Gasteiger partial charge in [-0.15, -0.1) is 0 Å². The molecule has 0 unspecified atom stereocenters. The van der Waals surface area contributed by atoms with E-state index in [9.17, 15) is 0 Å². The van der Waals surface area contributed by atoms with Crippen molar-refractivity contribution >= 4 is 28.6 Å². The van der Waals surface area contributed by atoms with Crippen LogP contribution in [-0.4, -0.2) is 59.5 Å². The molecule has 4 N–H and O–H groups in total. The SMILES string of the molecule is COc1cc(Nc2nc3ncnc(NCCO)c3[nH]2)cc(OC)c1OC. The van der Waals surface area contributed by atoms with E-state index < -0.39 is 0 Å². The van der Waals surface area contributed by atoms with Crippen molar-refractivity contribution in [2.24, 2.45) is 0 Å². The average Bonchev–Trinajstić information content (AvgIpc) is 3.08. The number of ether oxygens (including phenoxy) is 3. The first-order valence-corrected chi connectivity index (χ1v) is 7.82. The summed E-state index contributed by atoms with van der Waals surface area (Å²) in [5.41, 5.74) is 1.82. The maximum Gasteiger partial charge on any atom is 0.207 e. The van der Waals surface area contributed by atoms with Crippen molar-refractivity contribution in [3.05, 3.63) is 18.5 Å². The largest absolute Gasteiger partial charge is 0.493 e. The number of hydrogen-bond acceptors (Lipinski definition) is 9. The van der Waals surface area contributed by atoms with Gasteiger partial charge >= 0.3 is 0 Å². The van der Waals surface area contributed by atoms with Crippen LogP contribution in [-0.2, 0) is 0 Å². The van der Waals surface area contributed by atoms with Crippen LogP contribution in [0.1, 0.15) is 0 Å². The highest BCUT2D eigenvalue weighted by Gasteiger charge is 2.15. The van der Waals surface area contributed by atoms with Gasteiger partial charge in [-0.05, 0) is 0 Å². The van der Waals surface area contributed by atoms with Crippen LogP contribution >= 0.6 is 0 Å². The number of hydrogen-bond donors (Lipinski definition) is 4. The van der Waals surface area contributed by atoms with Crippen LogP contribution in [0, 0.1) is 0 Å². The zero-order chi connectivity index (χ0) is 18.5. The summed E-state index contributed by atoms with van der Waals surface area (Å²) in [5, 5.41) is 15.1. The quantitative estimate of drug-likeness (QED) is 0.473. The van der Waals surface area contributed by atoms with Gasteiger partial charge in [-0.3, -0.25) is 0 Å². The molecule has 0 fully saturated rings. The number of methoxy groups -OCH3 is 3. The summed E-state index contributed by atoms with van der Waals surface area (Å²) >= 11 is 0. The molecule has 138 valence electrons. The predicted molar refractivity (Wildman–Crippen MR) is 96.6 cm³/mol. The van der Waals surface area contributed by atoms with Gasteiger partial charge in [-0.25, -0.2) is 9.97 Å². The van der Waals surface area contributed by atoms with Crippen molar-refractivity contribution in [3.8, 4) is 17.2 Å². The number of fused-ring (bicyclic) bond motifs is 1. The minimum absolute atomic E-state index is 0.00379. The topological polar surface area (TPSA) is 126 Å². The molecule has 0 saturated heterocycles. The highest BCUT2D eigenvalue weighted by molar-refractivity contribution is 5.85. The van der Waals surface area contributed by atoms with E-state index in [-0.39, 0.29) is 6.61 Å². The highest BCUT2D eigenvalue weighted by atomic mass is 16.5. The van der Waals surface area contributed by atoms with Crippen LogP contribution < -0.4 is 24.8 Å². The second-order valence-corrected chi connectivity index (χ2v) is 5.20. The van der Waals surface area contributed by atoms with Crippen molar-refractivity contribution in [2.45, 2.75) is 0 Å². The number of aliphatic hydroxyl groups is 1. The van der Waals surface area contributed by atoms with Gasteiger partial charge < -0.3 is 34.9 Å². The van der Waals surface area contributed by atoms with E-state index in [0.29, 0.717) is 52.4 Å². The van der Waals surface area contributed by atoms with Crippen LogP contribution in [0.2, 0.25) is 0 Å². The summed E-state index contributed by atoms with van der Waals surface area (Å²) in [6.07, 6.45) is 1.41. The first kappa shape index (κ1) is 17.5. The van der Waals surface area contributed by atoms with Gasteiger partial charge in [0.1, 0.15) is 11.8 Å². The van der Waals surface area contributed by atoms with Gasteiger partial charge in [0.05, 0.1) is 27.9 Å². The van der Waals surface area contributed by atoms with Gasteiger partial charge in [-0.2, -0.15) is 4.98 Å². The zero-order valence-electron chi connectivity index (χ0n) is 14.7. The number of anilines is 3. The first-order chi connectivity index (χ1) is 12.7. The van der Waals surface area contributed by atoms with E-state index in [1.165, 1.54) is 6.33 Å². The van der Waals surface area contributed by atoms with Gasteiger partial charge in [0.25, 0.3) is 0 Å². The number of nitrogens with zero attached hydrogens (tertiary/aromatic N) is 3. The number of aliphatic hydroxyl groups excluding tert-OH is 1. The Morgan fingerprint density at radius 1 is 1.08 bits per heavy atom. The van der Waals surface area contributed by atoms with E-state index in [2.05, 4.69) is 30.6 Å². The molecule has 0 aliphatic carbocycles. The van der Waals surface area contributed by atoms with Gasteiger partial charge in [0.15, 0.2) is 23.0 Å². The Kier molecular flexibility index (Phi) is 5.23. The maximum absolute atomic E-state index is 8.96. The molecule has 2 aromatic heterocycles. The maximum atomic E-state index is 8.96. The van der Waals surface area contributed by atoms with Crippen molar-refractivity contribution < 1.29 is 19.3 Å². The number of benzene rings is 1. The second kappa shape index (κ2) is 7.74. The molecule has 3 aromatic rings. The fourth-order valence-electron chi connectivity index (χ4n) is 2.49. The van der Waals surface area contributed by atoms with Crippen molar-refractivity contribution in [1.82, 2.24) is 19.9 Å². The molecule has 10 nitrogen and oxygen atoms in total. The fourth-order valence-corrected chi connectivity index (χ4v) is 2.49. The minimum Gasteiger partial charge on any atom is -0.493 e. The van der Waals surface area contributed by atoms with Gasteiger partial charge in [0, 0.05) is 24.4 Å². The Balaban J connectivity index is 1.93. The zero-order valence-corrected chi connectivity index (χ0v) is 14.7. The van der Waals surface area contributed by atoms with E-state index in [1.807, 2.05) is 0 Å². The molecule has 0 atom stereocenters.